The van der Waals surface area contributed by atoms with E-state index in [4.69, 9.17) is 27.9 Å². The zero-order chi connectivity index (χ0) is 34.1. The summed E-state index contributed by atoms with van der Waals surface area (Å²) in [7, 11) is -2.71. The number of nitrogens with one attached hydrogen (secondary N) is 1. The highest BCUT2D eigenvalue weighted by Gasteiger charge is 2.35. The maximum absolute atomic E-state index is 14.6. The van der Waals surface area contributed by atoms with E-state index < -0.39 is 28.5 Å². The summed E-state index contributed by atoms with van der Waals surface area (Å²) in [6.45, 7) is 5.11. The minimum atomic E-state index is -4.23. The molecule has 0 aliphatic rings. The summed E-state index contributed by atoms with van der Waals surface area (Å²) >= 11 is 12.5. The summed E-state index contributed by atoms with van der Waals surface area (Å²) in [5.41, 5.74) is 2.61. The van der Waals surface area contributed by atoms with Crippen molar-refractivity contribution >= 4 is 50.7 Å². The smallest absolute Gasteiger partial charge is 0.264 e. The maximum atomic E-state index is 14.6. The van der Waals surface area contributed by atoms with E-state index in [0.29, 0.717) is 27.8 Å². The third kappa shape index (κ3) is 9.28. The van der Waals surface area contributed by atoms with Crippen molar-refractivity contribution < 1.29 is 22.7 Å². The molecule has 1 N–H and O–H groups in total. The van der Waals surface area contributed by atoms with Crippen LogP contribution in [0.25, 0.3) is 0 Å². The van der Waals surface area contributed by atoms with E-state index in [1.165, 1.54) is 24.1 Å². The Kier molecular flexibility index (Phi) is 12.3. The number of hydrogen-bond acceptors (Lipinski definition) is 5. The number of halogens is 2. The monoisotopic (exact) mass is 695 g/mol. The van der Waals surface area contributed by atoms with Crippen molar-refractivity contribution in [2.75, 3.05) is 18.0 Å². The molecule has 0 fully saturated rings. The largest absolute Gasteiger partial charge is 0.497 e. The van der Waals surface area contributed by atoms with Crippen LogP contribution in [0.3, 0.4) is 0 Å². The Hall–Kier alpha value is -4.05. The standard InChI is InChI=1S/C36H39Cl2N3O5S/c1-5-26(3)39-36(43)34(22-27-9-7-6-8-10-27)40(23-28-13-20-32(37)33(38)21-28)35(42)24-41(29-14-16-30(46-4)17-15-29)47(44,45)31-18-11-25(2)12-19-31/h6-21,26,34H,5,22-24H2,1-4H3,(H,39,43)/t26-,34-/m0/s1. The van der Waals surface area contributed by atoms with Crippen LogP contribution >= 0.6 is 23.2 Å². The molecule has 0 bridgehead atoms. The summed E-state index contributed by atoms with van der Waals surface area (Å²) in [6.07, 6.45) is 0.883. The number of methoxy groups -OCH3 is 1. The van der Waals surface area contributed by atoms with E-state index >= 15 is 0 Å². The van der Waals surface area contributed by atoms with Crippen molar-refractivity contribution in [1.82, 2.24) is 10.2 Å². The molecule has 2 amide bonds. The van der Waals surface area contributed by atoms with Crippen LogP contribution in [0.2, 0.25) is 10.0 Å². The van der Waals surface area contributed by atoms with Gasteiger partial charge in [-0.2, -0.15) is 0 Å². The van der Waals surface area contributed by atoms with Gasteiger partial charge in [-0.15, -0.1) is 0 Å². The lowest BCUT2D eigenvalue weighted by atomic mass is 10.0. The Morgan fingerprint density at radius 1 is 0.872 bits per heavy atom. The first-order valence-corrected chi connectivity index (χ1v) is 17.4. The number of nitrogens with zero attached hydrogens (tertiary/aromatic N) is 2. The van der Waals surface area contributed by atoms with E-state index in [1.54, 1.807) is 54.6 Å². The minimum Gasteiger partial charge on any atom is -0.497 e. The van der Waals surface area contributed by atoms with Crippen molar-refractivity contribution in [3.63, 3.8) is 0 Å². The Balaban J connectivity index is 1.82. The number of rotatable bonds is 14. The molecule has 0 radical (unpaired) electrons. The molecule has 0 aliphatic carbocycles. The van der Waals surface area contributed by atoms with Gasteiger partial charge in [0, 0.05) is 19.0 Å². The number of hydrogen-bond donors (Lipinski definition) is 1. The molecule has 0 heterocycles. The number of aryl methyl sites for hydroxylation is 1. The van der Waals surface area contributed by atoms with Gasteiger partial charge in [0.2, 0.25) is 11.8 Å². The fraction of sp³-hybridized carbons (Fsp3) is 0.278. The van der Waals surface area contributed by atoms with Crippen LogP contribution in [0.4, 0.5) is 5.69 Å². The van der Waals surface area contributed by atoms with Crippen LogP contribution in [0.15, 0.2) is 102 Å². The highest BCUT2D eigenvalue weighted by molar-refractivity contribution is 7.92. The summed E-state index contributed by atoms with van der Waals surface area (Å²) in [4.78, 5) is 30.0. The molecule has 47 heavy (non-hydrogen) atoms. The number of ether oxygens (including phenoxy) is 1. The van der Waals surface area contributed by atoms with Gasteiger partial charge in [0.05, 0.1) is 27.7 Å². The van der Waals surface area contributed by atoms with Crippen molar-refractivity contribution in [2.45, 2.75) is 57.1 Å². The molecule has 0 unspecified atom stereocenters. The lowest BCUT2D eigenvalue weighted by Crippen LogP contribution is -2.54. The van der Waals surface area contributed by atoms with Crippen LogP contribution in [0, 0.1) is 6.92 Å². The van der Waals surface area contributed by atoms with Crippen LogP contribution < -0.4 is 14.4 Å². The topological polar surface area (TPSA) is 96.0 Å². The summed E-state index contributed by atoms with van der Waals surface area (Å²) in [6, 6.07) is 26.1. The SMILES string of the molecule is CC[C@H](C)NC(=O)[C@H](Cc1ccccc1)N(Cc1ccc(Cl)c(Cl)c1)C(=O)CN(c1ccc(OC)cc1)S(=O)(=O)c1ccc(C)cc1. The molecule has 4 aromatic rings. The lowest BCUT2D eigenvalue weighted by Gasteiger charge is -2.34. The number of sulfonamides is 1. The predicted octanol–water partition coefficient (Wildman–Crippen LogP) is 7.06. The van der Waals surface area contributed by atoms with Crippen LogP contribution in [-0.4, -0.2) is 50.9 Å². The molecule has 0 aliphatic heterocycles. The van der Waals surface area contributed by atoms with Gasteiger partial charge in [0.15, 0.2) is 0 Å². The van der Waals surface area contributed by atoms with Crippen molar-refractivity contribution in [1.29, 1.82) is 0 Å². The molecule has 8 nitrogen and oxygen atoms in total. The zero-order valence-corrected chi connectivity index (χ0v) is 29.1. The average Bonchev–Trinajstić information content (AvgIpc) is 3.07. The molecule has 0 spiro atoms. The maximum Gasteiger partial charge on any atom is 0.264 e. The molecular formula is C36H39Cl2N3O5S. The molecule has 4 aromatic carbocycles. The first-order valence-electron chi connectivity index (χ1n) is 15.2. The number of carbonyl (C=O) groups excluding carboxylic acids is 2. The van der Waals surface area contributed by atoms with Gasteiger partial charge in [-0.3, -0.25) is 13.9 Å². The highest BCUT2D eigenvalue weighted by atomic mass is 35.5. The van der Waals surface area contributed by atoms with Crippen LogP contribution in [-0.2, 0) is 32.6 Å². The highest BCUT2D eigenvalue weighted by Crippen LogP contribution is 2.28. The van der Waals surface area contributed by atoms with Gasteiger partial charge < -0.3 is 15.0 Å². The van der Waals surface area contributed by atoms with Crippen molar-refractivity contribution in [2.24, 2.45) is 0 Å². The lowest BCUT2D eigenvalue weighted by molar-refractivity contribution is -0.140. The summed E-state index contributed by atoms with van der Waals surface area (Å²) in [5.74, 6) is -0.407. The molecule has 0 saturated carbocycles. The molecule has 2 atom stereocenters. The first kappa shape index (κ1) is 35.8. The van der Waals surface area contributed by atoms with Crippen LogP contribution in [0.5, 0.6) is 5.75 Å². The minimum absolute atomic E-state index is 0.0256. The second-order valence-corrected chi connectivity index (χ2v) is 14.0. The molecule has 0 aromatic heterocycles. The van der Waals surface area contributed by atoms with Crippen LogP contribution in [0.1, 0.15) is 37.0 Å². The Labute approximate surface area is 287 Å². The summed E-state index contributed by atoms with van der Waals surface area (Å²) in [5, 5.41) is 3.66. The second-order valence-electron chi connectivity index (χ2n) is 11.3. The van der Waals surface area contributed by atoms with Gasteiger partial charge in [-0.25, -0.2) is 8.42 Å². The Morgan fingerprint density at radius 2 is 1.53 bits per heavy atom. The predicted molar refractivity (Wildman–Crippen MR) is 188 cm³/mol. The van der Waals surface area contributed by atoms with Crippen molar-refractivity contribution in [3.8, 4) is 5.75 Å². The molecule has 0 saturated heterocycles. The number of anilines is 1. The van der Waals surface area contributed by atoms with E-state index in [-0.39, 0.29) is 35.5 Å². The second kappa shape index (κ2) is 16.2. The molecular weight excluding hydrogens is 657 g/mol. The Bertz CT molecular complexity index is 1770. The average molecular weight is 697 g/mol. The van der Waals surface area contributed by atoms with Gasteiger partial charge in [0.1, 0.15) is 18.3 Å². The zero-order valence-electron chi connectivity index (χ0n) is 26.8. The molecule has 11 heteroatoms. The van der Waals surface area contributed by atoms with E-state index in [1.807, 2.05) is 51.1 Å². The molecule has 4 rings (SSSR count). The van der Waals surface area contributed by atoms with Gasteiger partial charge in [-0.05, 0) is 79.9 Å². The number of benzene rings is 4. The first-order chi connectivity index (χ1) is 22.4. The van der Waals surface area contributed by atoms with Gasteiger partial charge in [-0.1, -0.05) is 84.2 Å². The summed E-state index contributed by atoms with van der Waals surface area (Å²) < 4.78 is 34.7. The fourth-order valence-electron chi connectivity index (χ4n) is 4.94. The van der Waals surface area contributed by atoms with Crippen molar-refractivity contribution in [3.05, 3.63) is 124 Å². The fourth-order valence-corrected chi connectivity index (χ4v) is 6.68. The van der Waals surface area contributed by atoms with E-state index in [0.717, 1.165) is 15.4 Å². The van der Waals surface area contributed by atoms with Gasteiger partial charge in [0.25, 0.3) is 10.0 Å². The molecule has 248 valence electrons. The third-order valence-electron chi connectivity index (χ3n) is 7.86. The normalized spacial score (nSPS) is 12.6. The van der Waals surface area contributed by atoms with E-state index in [2.05, 4.69) is 5.32 Å². The van der Waals surface area contributed by atoms with Gasteiger partial charge >= 0.3 is 0 Å². The quantitative estimate of drug-likeness (QED) is 0.152. The van der Waals surface area contributed by atoms with E-state index in [9.17, 15) is 18.0 Å². The third-order valence-corrected chi connectivity index (χ3v) is 10.4. The number of carbonyl (C=O) groups is 2. The Morgan fingerprint density at radius 3 is 2.13 bits per heavy atom. The number of amides is 2.